The summed E-state index contributed by atoms with van der Waals surface area (Å²) in [5.41, 5.74) is 3.24. The lowest BCUT2D eigenvalue weighted by Gasteiger charge is -2.35. The summed E-state index contributed by atoms with van der Waals surface area (Å²) >= 11 is 0. The quantitative estimate of drug-likeness (QED) is 0.519. The van der Waals surface area contributed by atoms with Crippen LogP contribution in [-0.4, -0.2) is 51.4 Å². The maximum Gasteiger partial charge on any atom is 0.272 e. The number of hydrogen-bond donors (Lipinski definition) is 1. The fourth-order valence-corrected chi connectivity index (χ4v) is 3.35. The van der Waals surface area contributed by atoms with Crippen LogP contribution in [-0.2, 0) is 11.3 Å². The molecule has 3 heterocycles. The molecule has 4 rings (SSSR count). The molecule has 0 aromatic carbocycles. The van der Waals surface area contributed by atoms with E-state index in [1.54, 1.807) is 19.2 Å². The number of nitrogens with zero attached hydrogens (tertiary/aromatic N) is 4. The van der Waals surface area contributed by atoms with E-state index in [9.17, 15) is 13.6 Å². The zero-order chi connectivity index (χ0) is 23.4. The molecule has 1 fully saturated rings. The van der Waals surface area contributed by atoms with Gasteiger partial charge in [-0.3, -0.25) is 9.78 Å². The van der Waals surface area contributed by atoms with E-state index in [0.717, 1.165) is 16.8 Å². The highest BCUT2D eigenvalue weighted by atomic mass is 19.3. The summed E-state index contributed by atoms with van der Waals surface area (Å²) in [6, 6.07) is 6.72. The van der Waals surface area contributed by atoms with Crippen LogP contribution in [0.5, 0.6) is 5.88 Å². The Hall–Kier alpha value is -3.47. The smallest absolute Gasteiger partial charge is 0.272 e. The summed E-state index contributed by atoms with van der Waals surface area (Å²) in [4.78, 5) is 16.6. The fourth-order valence-electron chi connectivity index (χ4n) is 3.35. The number of ether oxygens (including phenoxy) is 2. The van der Waals surface area contributed by atoms with Gasteiger partial charge in [-0.25, -0.2) is 8.78 Å². The molecular formula is C22H23F2N5O4. The maximum atomic E-state index is 12.3. The van der Waals surface area contributed by atoms with E-state index in [0.29, 0.717) is 24.3 Å². The lowest BCUT2D eigenvalue weighted by atomic mass is 9.89. The second-order valence-corrected chi connectivity index (χ2v) is 7.79. The molecule has 1 aliphatic carbocycles. The Morgan fingerprint density at radius 1 is 1.21 bits per heavy atom. The number of halogens is 2. The molecule has 0 spiro atoms. The first-order valence-electron chi connectivity index (χ1n) is 10.4. The predicted octanol–water partition coefficient (Wildman–Crippen LogP) is 3.26. The van der Waals surface area contributed by atoms with E-state index in [4.69, 9.17) is 14.0 Å². The van der Waals surface area contributed by atoms with Crippen LogP contribution < -0.4 is 10.1 Å². The summed E-state index contributed by atoms with van der Waals surface area (Å²) in [6.45, 7) is 3.26. The maximum absolute atomic E-state index is 12.3. The third-order valence-electron chi connectivity index (χ3n) is 5.29. The molecule has 174 valence electrons. The predicted molar refractivity (Wildman–Crippen MR) is 112 cm³/mol. The molecule has 0 aliphatic heterocycles. The molecule has 0 radical (unpaired) electrons. The van der Waals surface area contributed by atoms with Crippen molar-refractivity contribution < 1.29 is 27.6 Å². The first kappa shape index (κ1) is 22.7. The number of nitrogens with one attached hydrogen (secondary N) is 1. The van der Waals surface area contributed by atoms with Gasteiger partial charge in [0, 0.05) is 29.6 Å². The Labute approximate surface area is 188 Å². The Kier molecular flexibility index (Phi) is 6.87. The summed E-state index contributed by atoms with van der Waals surface area (Å²) < 4.78 is 40.4. The third-order valence-corrected chi connectivity index (χ3v) is 5.29. The van der Waals surface area contributed by atoms with Crippen LogP contribution in [0.3, 0.4) is 0 Å². The average Bonchev–Trinajstić information content (AvgIpc) is 3.14. The number of carbonyl (C=O) groups excluding carboxylic acids is 1. The molecule has 1 N–H and O–H groups in total. The summed E-state index contributed by atoms with van der Waals surface area (Å²) in [5.74, 6) is 0.463. The molecule has 0 saturated heterocycles. The van der Waals surface area contributed by atoms with Crippen molar-refractivity contribution in [1.29, 1.82) is 0 Å². The number of pyridine rings is 1. The van der Waals surface area contributed by atoms with Gasteiger partial charge < -0.3 is 19.3 Å². The minimum Gasteiger partial charge on any atom is -0.472 e. The molecule has 3 aromatic heterocycles. The Balaban J connectivity index is 1.30. The van der Waals surface area contributed by atoms with E-state index in [2.05, 4.69) is 25.7 Å². The van der Waals surface area contributed by atoms with Crippen molar-refractivity contribution in [2.75, 3.05) is 6.61 Å². The summed E-state index contributed by atoms with van der Waals surface area (Å²) in [6.07, 6.45) is -0.0470. The minimum atomic E-state index is -2.49. The molecule has 1 amide bonds. The highest BCUT2D eigenvalue weighted by molar-refractivity contribution is 5.92. The Morgan fingerprint density at radius 3 is 2.70 bits per heavy atom. The number of hydrogen-bond acceptors (Lipinski definition) is 8. The molecule has 0 unspecified atom stereocenters. The van der Waals surface area contributed by atoms with Crippen LogP contribution in [0.15, 0.2) is 35.0 Å². The second-order valence-electron chi connectivity index (χ2n) is 7.79. The molecule has 1 aliphatic rings. The van der Waals surface area contributed by atoms with Crippen LogP contribution in [0.2, 0.25) is 0 Å². The third kappa shape index (κ3) is 5.67. The van der Waals surface area contributed by atoms with Gasteiger partial charge in [-0.05, 0) is 44.9 Å². The fraction of sp³-hybridized carbons (Fsp3) is 0.409. The van der Waals surface area contributed by atoms with E-state index in [1.807, 2.05) is 19.1 Å². The second kappa shape index (κ2) is 9.99. The van der Waals surface area contributed by atoms with Gasteiger partial charge in [-0.1, -0.05) is 5.16 Å². The SMILES string of the molecule is Cc1ccc(-c2noc(C)c2COc2ccc(C(=O)N[C@H]3C[C@@H](OCC(F)F)C3)nn2)cn1. The summed E-state index contributed by atoms with van der Waals surface area (Å²) in [7, 11) is 0. The number of carbonyl (C=O) groups is 1. The van der Waals surface area contributed by atoms with E-state index >= 15 is 0 Å². The van der Waals surface area contributed by atoms with Crippen molar-refractivity contribution in [3.63, 3.8) is 0 Å². The van der Waals surface area contributed by atoms with Crippen molar-refractivity contribution in [2.24, 2.45) is 0 Å². The lowest BCUT2D eigenvalue weighted by Crippen LogP contribution is -2.48. The highest BCUT2D eigenvalue weighted by Crippen LogP contribution is 2.26. The molecular weight excluding hydrogens is 436 g/mol. The van der Waals surface area contributed by atoms with Crippen molar-refractivity contribution in [3.05, 3.63) is 53.2 Å². The van der Waals surface area contributed by atoms with Crippen molar-refractivity contribution in [3.8, 4) is 17.1 Å². The Bertz CT molecular complexity index is 1080. The molecule has 0 atom stereocenters. The highest BCUT2D eigenvalue weighted by Gasteiger charge is 2.32. The number of alkyl halides is 2. The van der Waals surface area contributed by atoms with Crippen LogP contribution in [0.25, 0.3) is 11.3 Å². The standard InChI is InChI=1S/C22H23F2N5O4/c1-12-3-4-14(9-25-12)21-17(13(2)33-29-21)10-32-20-6-5-18(27-28-20)22(30)26-15-7-16(8-15)31-11-19(23)24/h3-6,9,15-16,19H,7-8,10-11H2,1-2H3,(H,26,30)/t15-,16+. The van der Waals surface area contributed by atoms with Gasteiger partial charge in [0.2, 0.25) is 5.88 Å². The van der Waals surface area contributed by atoms with Crippen molar-refractivity contribution in [1.82, 2.24) is 25.7 Å². The van der Waals surface area contributed by atoms with Crippen LogP contribution >= 0.6 is 0 Å². The summed E-state index contributed by atoms with van der Waals surface area (Å²) in [5, 5.41) is 14.8. The topological polar surface area (TPSA) is 112 Å². The van der Waals surface area contributed by atoms with Gasteiger partial charge in [0.05, 0.1) is 11.7 Å². The van der Waals surface area contributed by atoms with Gasteiger partial charge in [-0.2, -0.15) is 0 Å². The minimum absolute atomic E-state index is 0.131. The average molecular weight is 459 g/mol. The monoisotopic (exact) mass is 459 g/mol. The van der Waals surface area contributed by atoms with Gasteiger partial charge in [0.1, 0.15) is 24.7 Å². The normalized spacial score (nSPS) is 17.6. The van der Waals surface area contributed by atoms with Gasteiger partial charge in [0.15, 0.2) is 5.69 Å². The van der Waals surface area contributed by atoms with Crippen molar-refractivity contribution >= 4 is 5.91 Å². The first-order valence-corrected chi connectivity index (χ1v) is 10.4. The Morgan fingerprint density at radius 2 is 2.03 bits per heavy atom. The van der Waals surface area contributed by atoms with Crippen LogP contribution in [0.4, 0.5) is 8.78 Å². The molecule has 33 heavy (non-hydrogen) atoms. The molecule has 3 aromatic rings. The molecule has 9 nitrogen and oxygen atoms in total. The zero-order valence-electron chi connectivity index (χ0n) is 18.1. The number of amides is 1. The number of aryl methyl sites for hydroxylation is 2. The van der Waals surface area contributed by atoms with E-state index < -0.39 is 18.9 Å². The molecule has 11 heteroatoms. The van der Waals surface area contributed by atoms with E-state index in [-0.39, 0.29) is 30.3 Å². The zero-order valence-corrected chi connectivity index (χ0v) is 18.1. The van der Waals surface area contributed by atoms with Gasteiger partial charge in [0.25, 0.3) is 12.3 Å². The number of aromatic nitrogens is 4. The molecule has 0 bridgehead atoms. The molecule has 1 saturated carbocycles. The van der Waals surface area contributed by atoms with Gasteiger partial charge >= 0.3 is 0 Å². The largest absolute Gasteiger partial charge is 0.472 e. The van der Waals surface area contributed by atoms with Gasteiger partial charge in [-0.15, -0.1) is 10.2 Å². The van der Waals surface area contributed by atoms with Crippen molar-refractivity contribution in [2.45, 2.75) is 51.9 Å². The van der Waals surface area contributed by atoms with Crippen LogP contribution in [0.1, 0.15) is 40.3 Å². The lowest BCUT2D eigenvalue weighted by molar-refractivity contribution is -0.0629. The van der Waals surface area contributed by atoms with Crippen LogP contribution in [0, 0.1) is 13.8 Å². The number of rotatable bonds is 9. The van der Waals surface area contributed by atoms with E-state index in [1.165, 1.54) is 6.07 Å². The first-order chi connectivity index (χ1) is 15.9.